The minimum atomic E-state index is 0.387. The van der Waals surface area contributed by atoms with Gasteiger partial charge in [0.15, 0.2) is 23.3 Å². The van der Waals surface area contributed by atoms with Crippen molar-refractivity contribution in [2.75, 3.05) is 39.6 Å². The molecule has 0 saturated carbocycles. The lowest BCUT2D eigenvalue weighted by molar-refractivity contribution is 0.308. The van der Waals surface area contributed by atoms with E-state index in [4.69, 9.17) is 58.3 Å². The van der Waals surface area contributed by atoms with E-state index in [2.05, 4.69) is 187 Å². The Kier molecular flexibility index (Phi) is 17.2. The van der Waals surface area contributed by atoms with E-state index in [1.54, 1.807) is 0 Å². The number of hydrogen-bond acceptors (Lipinski definition) is 12. The molecule has 0 saturated heterocycles. The molecule has 2 aliphatic rings. The van der Waals surface area contributed by atoms with Crippen LogP contribution in [0.4, 0.5) is 0 Å². The maximum absolute atomic E-state index is 7.25. The summed E-state index contributed by atoms with van der Waals surface area (Å²) in [4.78, 5) is 42.7. The Bertz CT molecular complexity index is 5080. The van der Waals surface area contributed by atoms with E-state index in [9.17, 15) is 0 Å². The molecule has 8 bridgehead atoms. The molecule has 15 rings (SSSR count). The van der Waals surface area contributed by atoms with Crippen LogP contribution in [0.5, 0.6) is 34.5 Å². The summed E-state index contributed by atoms with van der Waals surface area (Å²) >= 11 is 0. The van der Waals surface area contributed by atoms with Gasteiger partial charge in [-0.15, -0.1) is 0 Å². The molecular formula is C82H82N8O6. The Labute approximate surface area is 558 Å². The second-order valence-corrected chi connectivity index (χ2v) is 25.6. The summed E-state index contributed by atoms with van der Waals surface area (Å²) in [5, 5.41) is 15.0. The summed E-state index contributed by atoms with van der Waals surface area (Å²) in [6.07, 6.45) is 10.6. The van der Waals surface area contributed by atoms with Crippen LogP contribution in [-0.4, -0.2) is 79.5 Å². The Hall–Kier alpha value is -10.1. The average molecular weight is 1280 g/mol. The number of aryl methyl sites for hydroxylation is 2. The highest BCUT2D eigenvalue weighted by Gasteiger charge is 2.36. The zero-order valence-electron chi connectivity index (χ0n) is 56.4. The Balaban J connectivity index is 1.20. The van der Waals surface area contributed by atoms with Crippen LogP contribution >= 0.6 is 0 Å². The monoisotopic (exact) mass is 1270 g/mol. The van der Waals surface area contributed by atoms with Crippen LogP contribution in [0.2, 0.25) is 0 Å². The first-order valence-corrected chi connectivity index (χ1v) is 35.0. The molecule has 2 aliphatic heterocycles. The van der Waals surface area contributed by atoms with Gasteiger partial charge in [-0.05, 0) is 120 Å². The normalized spacial score (nSPS) is 12.1. The Morgan fingerprint density at radius 2 is 0.510 bits per heavy atom. The Morgan fingerprint density at radius 1 is 0.271 bits per heavy atom. The number of aromatic amines is 2. The van der Waals surface area contributed by atoms with Gasteiger partial charge in [0.05, 0.1) is 72.7 Å². The quantitative estimate of drug-likeness (QED) is 0.0435. The minimum Gasteiger partial charge on any atom is -0.492 e. The predicted octanol–water partition coefficient (Wildman–Crippen LogP) is 21.5. The SMILES string of the molecule is CCCCOc1c2c(c(OCCCC)c3cc4ccccc4cc13)-c1nc-2nc2[nH]c(nc3nc(nc4[nH]c(n1)c1c(C)c5ccccc5c(OCCCC)c41)-c1c-3c(OCCCC)c3cc4ccccc4cc3c1OCCCC)c1c(OCCCC)c3ccccc3c(C)c21. The lowest BCUT2D eigenvalue weighted by Crippen LogP contribution is -2.04. The number of benzene rings is 10. The third kappa shape index (κ3) is 10.7. The number of rotatable bonds is 24. The maximum Gasteiger partial charge on any atom is 0.168 e. The molecule has 96 heavy (non-hydrogen) atoms. The topological polar surface area (TPSA) is 164 Å². The highest BCUT2D eigenvalue weighted by molar-refractivity contribution is 6.22. The molecule has 14 heteroatoms. The second kappa shape index (κ2) is 26.6. The molecule has 0 fully saturated rings. The highest BCUT2D eigenvalue weighted by atomic mass is 16.5. The molecule has 13 aromatic rings. The van der Waals surface area contributed by atoms with Crippen LogP contribution in [0.3, 0.4) is 0 Å². The second-order valence-electron chi connectivity index (χ2n) is 25.6. The molecule has 3 aromatic heterocycles. The van der Waals surface area contributed by atoms with Gasteiger partial charge in [-0.3, -0.25) is 0 Å². The van der Waals surface area contributed by atoms with Gasteiger partial charge in [0, 0.05) is 43.1 Å². The summed E-state index contributed by atoms with van der Waals surface area (Å²) in [6, 6.07) is 42.8. The fourth-order valence-electron chi connectivity index (χ4n) is 14.1. The first kappa shape index (κ1) is 62.1. The van der Waals surface area contributed by atoms with Crippen LogP contribution in [0, 0.1) is 13.8 Å². The maximum atomic E-state index is 7.25. The fourth-order valence-corrected chi connectivity index (χ4v) is 14.1. The van der Waals surface area contributed by atoms with Crippen molar-refractivity contribution in [3.05, 3.63) is 132 Å². The van der Waals surface area contributed by atoms with Gasteiger partial charge < -0.3 is 38.4 Å². The van der Waals surface area contributed by atoms with Gasteiger partial charge in [-0.1, -0.05) is 177 Å². The summed E-state index contributed by atoms with van der Waals surface area (Å²) < 4.78 is 43.3. The van der Waals surface area contributed by atoms with Crippen LogP contribution in [-0.2, 0) is 0 Å². The van der Waals surface area contributed by atoms with Gasteiger partial charge in [-0.2, -0.15) is 0 Å². The molecule has 5 heterocycles. The molecular weight excluding hydrogens is 1190 g/mol. The van der Waals surface area contributed by atoms with E-state index in [-0.39, 0.29) is 0 Å². The third-order valence-electron chi connectivity index (χ3n) is 19.1. The van der Waals surface area contributed by atoms with Crippen LogP contribution in [0.1, 0.15) is 130 Å². The summed E-state index contributed by atoms with van der Waals surface area (Å²) in [5.41, 5.74) is 6.76. The van der Waals surface area contributed by atoms with Crippen molar-refractivity contribution in [3.63, 3.8) is 0 Å². The smallest absolute Gasteiger partial charge is 0.168 e. The van der Waals surface area contributed by atoms with Gasteiger partial charge >= 0.3 is 0 Å². The van der Waals surface area contributed by atoms with E-state index in [0.717, 1.165) is 174 Å². The van der Waals surface area contributed by atoms with Crippen molar-refractivity contribution in [1.82, 2.24) is 39.9 Å². The van der Waals surface area contributed by atoms with Gasteiger partial charge in [0.25, 0.3) is 0 Å². The number of nitrogens with zero attached hydrogens (tertiary/aromatic N) is 6. The van der Waals surface area contributed by atoms with E-state index in [0.29, 0.717) is 142 Å². The molecule has 10 aromatic carbocycles. The van der Waals surface area contributed by atoms with Crippen LogP contribution in [0.15, 0.2) is 121 Å². The van der Waals surface area contributed by atoms with E-state index < -0.39 is 0 Å². The standard InChI is InChI=1S/C82H82N8O6/c1-9-15-37-91-69-55-35-27-25-33-53(55)47(7)61-63(69)77-83-75(61)85-79-65-66(72(94-40-18-12-4)58-44-50-30-22-21-29-49(50)43-57(58)71(65)93-39-17-11-3)80(89-79)86-76-62-48(8)54-34-26-28-36-56(54)70(92-38-16-10-2)64(62)78(84-76)88-82-68-67(81(87-77)90-82)73(95-41-19-13-5)59-45-51-31-23-24-32-52(51)46-60(59)74(68)96-42-20-14-6/h21-36,43-46H,9-20,37-42H2,1-8H3,(H2,83,84,85,86,87,88,89,90). The number of fused-ring (bicyclic) bond motifs is 26. The van der Waals surface area contributed by atoms with E-state index >= 15 is 0 Å². The van der Waals surface area contributed by atoms with Crippen molar-refractivity contribution < 1.29 is 28.4 Å². The van der Waals surface area contributed by atoms with Crippen molar-refractivity contribution in [2.45, 2.75) is 132 Å². The lowest BCUT2D eigenvalue weighted by Gasteiger charge is -2.19. The van der Waals surface area contributed by atoms with Crippen molar-refractivity contribution >= 4 is 109 Å². The molecule has 0 spiro atoms. The third-order valence-corrected chi connectivity index (χ3v) is 19.1. The van der Waals surface area contributed by atoms with Crippen LogP contribution in [0.25, 0.3) is 154 Å². The summed E-state index contributed by atoms with van der Waals surface area (Å²) in [5.74, 6) is 5.59. The van der Waals surface area contributed by atoms with Crippen molar-refractivity contribution in [2.24, 2.45) is 0 Å². The zero-order chi connectivity index (χ0) is 65.6. The molecule has 2 N–H and O–H groups in total. The van der Waals surface area contributed by atoms with Gasteiger partial charge in [0.2, 0.25) is 0 Å². The molecule has 14 nitrogen and oxygen atoms in total. The summed E-state index contributed by atoms with van der Waals surface area (Å²) in [6.45, 7) is 20.2. The number of nitrogens with one attached hydrogen (secondary N) is 2. The number of H-pyrrole nitrogens is 2. The number of aromatic nitrogens is 8. The first-order chi connectivity index (χ1) is 47.2. The van der Waals surface area contributed by atoms with Crippen LogP contribution < -0.4 is 28.4 Å². The fraction of sp³-hybridized carbons (Fsp3) is 0.317. The van der Waals surface area contributed by atoms with Crippen molar-refractivity contribution in [1.29, 1.82) is 0 Å². The van der Waals surface area contributed by atoms with Gasteiger partial charge in [-0.25, -0.2) is 29.9 Å². The number of ether oxygens (including phenoxy) is 6. The number of hydrogen-bond donors (Lipinski definition) is 2. The number of unbranched alkanes of at least 4 members (excludes halogenated alkanes) is 6. The molecule has 0 atom stereocenters. The average Bonchev–Trinajstić information content (AvgIpc) is 1.52. The van der Waals surface area contributed by atoms with E-state index in [1.807, 2.05) is 0 Å². The summed E-state index contributed by atoms with van der Waals surface area (Å²) in [7, 11) is 0. The minimum absolute atomic E-state index is 0.387. The first-order valence-electron chi connectivity index (χ1n) is 35.0. The molecule has 486 valence electrons. The lowest BCUT2D eigenvalue weighted by atomic mass is 9.95. The van der Waals surface area contributed by atoms with Crippen molar-refractivity contribution in [3.8, 4) is 80.0 Å². The largest absolute Gasteiger partial charge is 0.492 e. The van der Waals surface area contributed by atoms with E-state index in [1.165, 1.54) is 0 Å². The predicted molar refractivity (Wildman–Crippen MR) is 393 cm³/mol. The highest BCUT2D eigenvalue weighted by Crippen LogP contribution is 2.56. The van der Waals surface area contributed by atoms with Gasteiger partial charge in [0.1, 0.15) is 57.1 Å². The molecule has 0 aliphatic carbocycles. The Morgan fingerprint density at radius 3 is 0.781 bits per heavy atom. The molecule has 0 unspecified atom stereocenters. The zero-order valence-corrected chi connectivity index (χ0v) is 56.4. The molecule has 0 radical (unpaired) electrons. The molecule has 0 amide bonds.